The van der Waals surface area contributed by atoms with Crippen LogP contribution in [0.3, 0.4) is 0 Å². The van der Waals surface area contributed by atoms with E-state index in [9.17, 15) is 24.5 Å². The number of benzene rings is 2. The summed E-state index contributed by atoms with van der Waals surface area (Å²) in [4.78, 5) is 45.6. The zero-order valence-corrected chi connectivity index (χ0v) is 15.2. The number of amides is 3. The SMILES string of the molecule is O=C(COc1ccc([N+](=O)[O-])cc1)NNC(=O)c1ccc(NC(=O)C2CC2)cc1. The van der Waals surface area contributed by atoms with Crippen LogP contribution in [0.2, 0.25) is 0 Å². The van der Waals surface area contributed by atoms with Gasteiger partial charge in [-0.25, -0.2) is 0 Å². The molecule has 1 aliphatic carbocycles. The van der Waals surface area contributed by atoms with Gasteiger partial charge in [-0.15, -0.1) is 0 Å². The Hall–Kier alpha value is -3.95. The van der Waals surface area contributed by atoms with E-state index in [2.05, 4.69) is 16.2 Å². The van der Waals surface area contributed by atoms with E-state index in [1.54, 1.807) is 12.1 Å². The second kappa shape index (κ2) is 8.83. The van der Waals surface area contributed by atoms with Gasteiger partial charge in [0.25, 0.3) is 17.5 Å². The molecule has 3 N–H and O–H groups in total. The molecular weight excluding hydrogens is 380 g/mol. The van der Waals surface area contributed by atoms with E-state index in [1.807, 2.05) is 0 Å². The van der Waals surface area contributed by atoms with Gasteiger partial charge in [0.15, 0.2) is 6.61 Å². The first-order chi connectivity index (χ1) is 13.9. The summed E-state index contributed by atoms with van der Waals surface area (Å²) in [7, 11) is 0. The third-order valence-electron chi connectivity index (χ3n) is 4.10. The molecule has 0 radical (unpaired) electrons. The smallest absolute Gasteiger partial charge is 0.276 e. The fourth-order valence-electron chi connectivity index (χ4n) is 2.34. The maximum atomic E-state index is 12.1. The van der Waals surface area contributed by atoms with Gasteiger partial charge in [0.2, 0.25) is 5.91 Å². The number of hydrogen-bond donors (Lipinski definition) is 3. The number of nitro groups is 1. The van der Waals surface area contributed by atoms with Crippen molar-refractivity contribution in [2.45, 2.75) is 12.8 Å². The summed E-state index contributed by atoms with van der Waals surface area (Å²) in [6.45, 7) is -0.385. The van der Waals surface area contributed by atoms with Crippen LogP contribution in [0, 0.1) is 16.0 Å². The number of nitro benzene ring substituents is 1. The predicted octanol–water partition coefficient (Wildman–Crippen LogP) is 1.78. The monoisotopic (exact) mass is 398 g/mol. The Balaban J connectivity index is 1.41. The summed E-state index contributed by atoms with van der Waals surface area (Å²) in [5.74, 6) is -0.802. The van der Waals surface area contributed by atoms with E-state index in [0.29, 0.717) is 11.3 Å². The first-order valence-corrected chi connectivity index (χ1v) is 8.80. The van der Waals surface area contributed by atoms with Crippen LogP contribution in [0.1, 0.15) is 23.2 Å². The molecular formula is C19H18N4O6. The van der Waals surface area contributed by atoms with Gasteiger partial charge < -0.3 is 10.1 Å². The number of rotatable bonds is 7. The maximum Gasteiger partial charge on any atom is 0.276 e. The molecule has 0 saturated heterocycles. The molecule has 3 rings (SSSR count). The lowest BCUT2D eigenvalue weighted by Gasteiger charge is -2.09. The first-order valence-electron chi connectivity index (χ1n) is 8.80. The lowest BCUT2D eigenvalue weighted by molar-refractivity contribution is -0.384. The van der Waals surface area contributed by atoms with Gasteiger partial charge in [0, 0.05) is 29.3 Å². The number of hydrazine groups is 1. The van der Waals surface area contributed by atoms with Gasteiger partial charge in [-0.2, -0.15) is 0 Å². The maximum absolute atomic E-state index is 12.1. The van der Waals surface area contributed by atoms with E-state index in [0.717, 1.165) is 12.8 Å². The lowest BCUT2D eigenvalue weighted by Crippen LogP contribution is -2.43. The molecule has 3 amide bonds. The topological polar surface area (TPSA) is 140 Å². The quantitative estimate of drug-likeness (QED) is 0.480. The van der Waals surface area contributed by atoms with E-state index in [-0.39, 0.29) is 29.9 Å². The van der Waals surface area contributed by atoms with Crippen LogP contribution in [0.25, 0.3) is 0 Å². The third kappa shape index (κ3) is 5.76. The molecule has 0 bridgehead atoms. The fraction of sp³-hybridized carbons (Fsp3) is 0.211. The standard InChI is InChI=1S/C19H18N4O6/c24-17(11-29-16-9-7-15(8-10-16)23(27)28)21-22-19(26)13-3-5-14(6-4-13)20-18(25)12-1-2-12/h3-10,12H,1-2,11H2,(H,20,25)(H,21,24)(H,22,26). The summed E-state index contributed by atoms with van der Waals surface area (Å²) in [6.07, 6.45) is 1.81. The molecule has 0 unspecified atom stereocenters. The first kappa shape index (κ1) is 19.8. The van der Waals surface area contributed by atoms with Gasteiger partial charge in [-0.3, -0.25) is 35.3 Å². The van der Waals surface area contributed by atoms with Gasteiger partial charge in [0.05, 0.1) is 4.92 Å². The number of carbonyl (C=O) groups is 3. The highest BCUT2D eigenvalue weighted by Crippen LogP contribution is 2.30. The largest absolute Gasteiger partial charge is 0.484 e. The minimum absolute atomic E-state index is 0.0255. The lowest BCUT2D eigenvalue weighted by atomic mass is 10.2. The summed E-state index contributed by atoms with van der Waals surface area (Å²) in [5, 5.41) is 13.3. The van der Waals surface area contributed by atoms with Gasteiger partial charge in [-0.1, -0.05) is 0 Å². The fourth-order valence-corrected chi connectivity index (χ4v) is 2.34. The molecule has 1 saturated carbocycles. The molecule has 10 nitrogen and oxygen atoms in total. The predicted molar refractivity (Wildman–Crippen MR) is 102 cm³/mol. The van der Waals surface area contributed by atoms with Crippen molar-refractivity contribution in [2.24, 2.45) is 5.92 Å². The molecule has 2 aromatic rings. The van der Waals surface area contributed by atoms with Crippen LogP contribution in [-0.2, 0) is 9.59 Å². The number of nitrogens with zero attached hydrogens (tertiary/aromatic N) is 1. The summed E-state index contributed by atoms with van der Waals surface area (Å²) in [5.41, 5.74) is 5.26. The second-order valence-corrected chi connectivity index (χ2v) is 6.38. The average Bonchev–Trinajstić information content (AvgIpc) is 3.57. The zero-order chi connectivity index (χ0) is 20.8. The number of hydrogen-bond acceptors (Lipinski definition) is 6. The number of nitrogens with one attached hydrogen (secondary N) is 3. The molecule has 1 aliphatic rings. The Bertz CT molecular complexity index is 923. The Morgan fingerprint density at radius 2 is 1.66 bits per heavy atom. The van der Waals surface area contributed by atoms with Crippen molar-refractivity contribution < 1.29 is 24.0 Å². The second-order valence-electron chi connectivity index (χ2n) is 6.38. The van der Waals surface area contributed by atoms with Crippen molar-refractivity contribution >= 4 is 29.1 Å². The highest BCUT2D eigenvalue weighted by molar-refractivity contribution is 5.97. The Kier molecular flexibility index (Phi) is 6.03. The summed E-state index contributed by atoms with van der Waals surface area (Å²) >= 11 is 0. The zero-order valence-electron chi connectivity index (χ0n) is 15.2. The minimum Gasteiger partial charge on any atom is -0.484 e. The molecule has 150 valence electrons. The van der Waals surface area contributed by atoms with Gasteiger partial charge in [0.1, 0.15) is 5.75 Å². The van der Waals surface area contributed by atoms with E-state index < -0.39 is 16.7 Å². The minimum atomic E-state index is -0.606. The van der Waals surface area contributed by atoms with E-state index in [1.165, 1.54) is 36.4 Å². The van der Waals surface area contributed by atoms with Crippen molar-refractivity contribution in [3.05, 3.63) is 64.2 Å². The number of carbonyl (C=O) groups excluding carboxylic acids is 3. The van der Waals surface area contributed by atoms with Crippen molar-refractivity contribution in [1.82, 2.24) is 10.9 Å². The van der Waals surface area contributed by atoms with Crippen molar-refractivity contribution in [3.63, 3.8) is 0 Å². The Morgan fingerprint density at radius 1 is 1.00 bits per heavy atom. The van der Waals surface area contributed by atoms with Crippen LogP contribution in [0.4, 0.5) is 11.4 Å². The summed E-state index contributed by atoms with van der Waals surface area (Å²) < 4.78 is 5.19. The number of non-ortho nitro benzene ring substituents is 1. The highest BCUT2D eigenvalue weighted by atomic mass is 16.6. The molecule has 0 atom stereocenters. The van der Waals surface area contributed by atoms with Crippen LogP contribution < -0.4 is 20.9 Å². The van der Waals surface area contributed by atoms with Crippen LogP contribution >= 0.6 is 0 Å². The molecule has 0 aliphatic heterocycles. The molecule has 1 fully saturated rings. The van der Waals surface area contributed by atoms with Crippen molar-refractivity contribution in [3.8, 4) is 5.75 Å². The molecule has 2 aromatic carbocycles. The molecule has 0 heterocycles. The molecule has 0 spiro atoms. The molecule has 29 heavy (non-hydrogen) atoms. The van der Waals surface area contributed by atoms with E-state index in [4.69, 9.17) is 4.74 Å². The van der Waals surface area contributed by atoms with E-state index >= 15 is 0 Å². The van der Waals surface area contributed by atoms with Gasteiger partial charge in [-0.05, 0) is 49.2 Å². The summed E-state index contributed by atoms with van der Waals surface area (Å²) in [6, 6.07) is 11.5. The van der Waals surface area contributed by atoms with Crippen LogP contribution in [-0.4, -0.2) is 29.3 Å². The van der Waals surface area contributed by atoms with Gasteiger partial charge >= 0.3 is 0 Å². The highest BCUT2D eigenvalue weighted by Gasteiger charge is 2.29. The normalized spacial score (nSPS) is 12.6. The van der Waals surface area contributed by atoms with Crippen molar-refractivity contribution in [1.29, 1.82) is 0 Å². The van der Waals surface area contributed by atoms with Crippen LogP contribution in [0.5, 0.6) is 5.75 Å². The average molecular weight is 398 g/mol. The third-order valence-corrected chi connectivity index (χ3v) is 4.10. The van der Waals surface area contributed by atoms with Crippen LogP contribution in [0.15, 0.2) is 48.5 Å². The van der Waals surface area contributed by atoms with Crippen molar-refractivity contribution in [2.75, 3.05) is 11.9 Å². The Labute approximate surface area is 165 Å². The number of ether oxygens (including phenoxy) is 1. The Morgan fingerprint density at radius 3 is 2.24 bits per heavy atom. The molecule has 10 heteroatoms. The molecule has 0 aromatic heterocycles. The number of anilines is 1.